The van der Waals surface area contributed by atoms with Gasteiger partial charge in [-0.1, -0.05) is 0 Å². The van der Waals surface area contributed by atoms with Crippen molar-refractivity contribution >= 4 is 21.6 Å². The Labute approximate surface area is 146 Å². The van der Waals surface area contributed by atoms with E-state index in [0.717, 1.165) is 11.3 Å². The van der Waals surface area contributed by atoms with Crippen molar-refractivity contribution in [2.24, 2.45) is 0 Å². The summed E-state index contributed by atoms with van der Waals surface area (Å²) in [6.45, 7) is 2.89. The fourth-order valence-corrected chi connectivity index (χ4v) is 4.74. The van der Waals surface area contributed by atoms with Crippen molar-refractivity contribution in [2.45, 2.75) is 17.9 Å². The molecule has 1 aromatic carbocycles. The quantitative estimate of drug-likeness (QED) is 0.887. The largest absolute Gasteiger partial charge is 0.468 e. The third-order valence-electron chi connectivity index (χ3n) is 4.63. The second-order valence-electron chi connectivity index (χ2n) is 6.30. The summed E-state index contributed by atoms with van der Waals surface area (Å²) in [4.78, 5) is 13.9. The van der Waals surface area contributed by atoms with E-state index in [0.29, 0.717) is 38.4 Å². The predicted octanol–water partition coefficient (Wildman–Crippen LogP) is 1.28. The highest BCUT2D eigenvalue weighted by Gasteiger charge is 2.30. The highest BCUT2D eigenvalue weighted by atomic mass is 32.2. The Balaban J connectivity index is 1.45. The maximum absolute atomic E-state index is 12.9. The highest BCUT2D eigenvalue weighted by molar-refractivity contribution is 7.89. The molecule has 2 aromatic rings. The van der Waals surface area contributed by atoms with Crippen LogP contribution in [-0.2, 0) is 27.8 Å². The number of rotatable bonds is 4. The number of carbonyl (C=O) groups is 1. The molecule has 132 valence electrons. The standard InChI is InChI=1S/C17H19N3O4S/c21-17-11-13-10-15(3-4-16(13)18-17)25(22,23)20-7-5-19(6-8-20)12-14-2-1-9-24-14/h1-4,9-10H,5-8,11-12H2,(H,18,21). The minimum atomic E-state index is -3.54. The van der Waals surface area contributed by atoms with E-state index in [-0.39, 0.29) is 17.2 Å². The summed E-state index contributed by atoms with van der Waals surface area (Å²) in [7, 11) is -3.54. The van der Waals surface area contributed by atoms with Crippen LogP contribution in [0.15, 0.2) is 45.9 Å². The van der Waals surface area contributed by atoms with Crippen molar-refractivity contribution in [3.63, 3.8) is 0 Å². The molecule has 2 aliphatic heterocycles. The summed E-state index contributed by atoms with van der Waals surface area (Å²) in [6.07, 6.45) is 1.87. The van der Waals surface area contributed by atoms with Gasteiger partial charge in [0.2, 0.25) is 15.9 Å². The number of hydrogen-bond donors (Lipinski definition) is 1. The molecular formula is C17H19N3O4S. The van der Waals surface area contributed by atoms with Crippen molar-refractivity contribution < 1.29 is 17.6 Å². The number of sulfonamides is 1. The number of amides is 1. The lowest BCUT2D eigenvalue weighted by Gasteiger charge is -2.33. The zero-order valence-electron chi connectivity index (χ0n) is 13.6. The molecular weight excluding hydrogens is 342 g/mol. The van der Waals surface area contributed by atoms with E-state index < -0.39 is 10.0 Å². The zero-order valence-corrected chi connectivity index (χ0v) is 14.5. The molecule has 0 bridgehead atoms. The van der Waals surface area contributed by atoms with Crippen molar-refractivity contribution in [1.29, 1.82) is 0 Å². The number of fused-ring (bicyclic) bond motifs is 1. The van der Waals surface area contributed by atoms with Crippen LogP contribution in [-0.4, -0.2) is 49.7 Å². The monoisotopic (exact) mass is 361 g/mol. The summed E-state index contributed by atoms with van der Waals surface area (Å²) >= 11 is 0. The number of piperazine rings is 1. The molecule has 1 fully saturated rings. The third kappa shape index (κ3) is 3.20. The van der Waals surface area contributed by atoms with E-state index in [2.05, 4.69) is 10.2 Å². The van der Waals surface area contributed by atoms with Gasteiger partial charge in [0.05, 0.1) is 24.1 Å². The molecule has 1 N–H and O–H groups in total. The average molecular weight is 361 g/mol. The van der Waals surface area contributed by atoms with Gasteiger partial charge in [-0.3, -0.25) is 9.69 Å². The normalized spacial score (nSPS) is 19.0. The number of nitrogens with one attached hydrogen (secondary N) is 1. The van der Waals surface area contributed by atoms with Crippen molar-refractivity contribution in [1.82, 2.24) is 9.21 Å². The molecule has 0 radical (unpaired) electrons. The first-order valence-electron chi connectivity index (χ1n) is 8.20. The number of anilines is 1. The van der Waals surface area contributed by atoms with Crippen LogP contribution >= 0.6 is 0 Å². The summed E-state index contributed by atoms with van der Waals surface area (Å²) in [5, 5.41) is 2.72. The van der Waals surface area contributed by atoms with Crippen LogP contribution in [0, 0.1) is 0 Å². The molecule has 1 saturated heterocycles. The molecule has 0 aliphatic carbocycles. The lowest BCUT2D eigenvalue weighted by Crippen LogP contribution is -2.48. The molecule has 8 heteroatoms. The fraction of sp³-hybridized carbons (Fsp3) is 0.353. The van der Waals surface area contributed by atoms with E-state index in [1.807, 2.05) is 12.1 Å². The van der Waals surface area contributed by atoms with Gasteiger partial charge in [0.1, 0.15) is 5.76 Å². The Morgan fingerprint density at radius 1 is 1.12 bits per heavy atom. The Morgan fingerprint density at radius 3 is 2.64 bits per heavy atom. The van der Waals surface area contributed by atoms with Gasteiger partial charge < -0.3 is 9.73 Å². The minimum absolute atomic E-state index is 0.101. The van der Waals surface area contributed by atoms with Crippen LogP contribution in [0.3, 0.4) is 0 Å². The van der Waals surface area contributed by atoms with E-state index in [1.54, 1.807) is 24.5 Å². The van der Waals surface area contributed by atoms with Crippen LogP contribution < -0.4 is 5.32 Å². The van der Waals surface area contributed by atoms with Crippen molar-refractivity contribution in [3.05, 3.63) is 47.9 Å². The average Bonchev–Trinajstić information content (AvgIpc) is 3.22. The van der Waals surface area contributed by atoms with Gasteiger partial charge in [-0.15, -0.1) is 0 Å². The lowest BCUT2D eigenvalue weighted by atomic mass is 10.2. The molecule has 3 heterocycles. The summed E-state index contributed by atoms with van der Waals surface area (Å²) in [5.74, 6) is 0.781. The number of carbonyl (C=O) groups excluding carboxylic acids is 1. The lowest BCUT2D eigenvalue weighted by molar-refractivity contribution is -0.115. The highest BCUT2D eigenvalue weighted by Crippen LogP contribution is 2.27. The molecule has 0 saturated carbocycles. The number of benzene rings is 1. The van der Waals surface area contributed by atoms with Crippen molar-refractivity contribution in [3.8, 4) is 0 Å². The van der Waals surface area contributed by atoms with Crippen LogP contribution in [0.1, 0.15) is 11.3 Å². The molecule has 7 nitrogen and oxygen atoms in total. The Kier molecular flexibility index (Phi) is 4.10. The molecule has 4 rings (SSSR count). The van der Waals surface area contributed by atoms with E-state index >= 15 is 0 Å². The van der Waals surface area contributed by atoms with Crippen LogP contribution in [0.2, 0.25) is 0 Å². The maximum Gasteiger partial charge on any atom is 0.243 e. The first kappa shape index (κ1) is 16.3. The first-order chi connectivity index (χ1) is 12.0. The fourth-order valence-electron chi connectivity index (χ4n) is 3.27. The Morgan fingerprint density at radius 2 is 1.92 bits per heavy atom. The maximum atomic E-state index is 12.9. The number of hydrogen-bond acceptors (Lipinski definition) is 5. The molecule has 25 heavy (non-hydrogen) atoms. The summed E-state index contributed by atoms with van der Waals surface area (Å²) < 4.78 is 32.6. The number of furan rings is 1. The molecule has 1 amide bonds. The van der Waals surface area contributed by atoms with Gasteiger partial charge in [0.25, 0.3) is 0 Å². The van der Waals surface area contributed by atoms with E-state index in [9.17, 15) is 13.2 Å². The second-order valence-corrected chi connectivity index (χ2v) is 8.24. The zero-order chi connectivity index (χ0) is 17.4. The van der Waals surface area contributed by atoms with Gasteiger partial charge in [-0.05, 0) is 35.9 Å². The molecule has 1 aromatic heterocycles. The summed E-state index contributed by atoms with van der Waals surface area (Å²) in [5.41, 5.74) is 1.44. The SMILES string of the molecule is O=C1Cc2cc(S(=O)(=O)N3CCN(Cc4ccco4)CC3)ccc2N1. The minimum Gasteiger partial charge on any atom is -0.468 e. The van der Waals surface area contributed by atoms with Gasteiger partial charge in [-0.2, -0.15) is 4.31 Å². The van der Waals surface area contributed by atoms with Gasteiger partial charge in [0, 0.05) is 31.9 Å². The second kappa shape index (κ2) is 6.29. The van der Waals surface area contributed by atoms with Crippen LogP contribution in [0.4, 0.5) is 5.69 Å². The van der Waals surface area contributed by atoms with Crippen LogP contribution in [0.25, 0.3) is 0 Å². The molecule has 0 atom stereocenters. The molecule has 0 spiro atoms. The van der Waals surface area contributed by atoms with Gasteiger partial charge >= 0.3 is 0 Å². The van der Waals surface area contributed by atoms with Gasteiger partial charge in [-0.25, -0.2) is 8.42 Å². The Hall–Kier alpha value is -2.16. The van der Waals surface area contributed by atoms with Crippen molar-refractivity contribution in [2.75, 3.05) is 31.5 Å². The summed E-state index contributed by atoms with van der Waals surface area (Å²) in [6, 6.07) is 8.61. The predicted molar refractivity (Wildman–Crippen MR) is 91.5 cm³/mol. The smallest absolute Gasteiger partial charge is 0.243 e. The topological polar surface area (TPSA) is 82.9 Å². The van der Waals surface area contributed by atoms with Crippen LogP contribution in [0.5, 0.6) is 0 Å². The van der Waals surface area contributed by atoms with Gasteiger partial charge in [0.15, 0.2) is 0 Å². The molecule has 0 unspecified atom stereocenters. The first-order valence-corrected chi connectivity index (χ1v) is 9.64. The number of nitrogens with zero attached hydrogens (tertiary/aromatic N) is 2. The molecule has 2 aliphatic rings. The van der Waals surface area contributed by atoms with E-state index in [1.165, 1.54) is 4.31 Å². The third-order valence-corrected chi connectivity index (χ3v) is 6.53. The Bertz CT molecular complexity index is 885. The van der Waals surface area contributed by atoms with E-state index in [4.69, 9.17) is 4.42 Å².